The molecule has 146 valence electrons. The smallest absolute Gasteiger partial charge is 0.227 e. The van der Waals surface area contributed by atoms with Crippen LogP contribution in [-0.2, 0) is 11.3 Å². The van der Waals surface area contributed by atoms with Crippen LogP contribution in [0, 0.1) is 12.8 Å². The van der Waals surface area contributed by atoms with Gasteiger partial charge in [0.2, 0.25) is 11.8 Å². The number of likely N-dealkylation sites (tertiary alicyclic amines) is 1. The molecule has 0 radical (unpaired) electrons. The lowest BCUT2D eigenvalue weighted by molar-refractivity contribution is -0.124. The molecule has 1 N–H and O–H groups in total. The number of carbonyl (C=O) groups excluding carboxylic acids is 1. The number of carbonyl (C=O) groups is 1. The van der Waals surface area contributed by atoms with E-state index in [2.05, 4.69) is 16.3 Å². The number of oxazole rings is 1. The van der Waals surface area contributed by atoms with E-state index in [-0.39, 0.29) is 11.8 Å². The summed E-state index contributed by atoms with van der Waals surface area (Å²) in [6.07, 6.45) is 0.881. The van der Waals surface area contributed by atoms with Crippen LogP contribution in [0.1, 0.15) is 17.9 Å². The average Bonchev–Trinajstić information content (AvgIpc) is 3.33. The molecule has 0 aliphatic carbocycles. The molecule has 1 atom stereocenters. The van der Waals surface area contributed by atoms with Gasteiger partial charge in [0, 0.05) is 31.1 Å². The van der Waals surface area contributed by atoms with E-state index in [9.17, 15) is 4.79 Å². The van der Waals surface area contributed by atoms with Crippen LogP contribution in [-0.4, -0.2) is 43.0 Å². The summed E-state index contributed by atoms with van der Waals surface area (Å²) in [5, 5.41) is 4.83. The van der Waals surface area contributed by atoms with Gasteiger partial charge in [-0.2, -0.15) is 0 Å². The number of nitrogens with zero attached hydrogens (tertiary/aromatic N) is 2. The first kappa shape index (κ1) is 18.5. The van der Waals surface area contributed by atoms with Crippen molar-refractivity contribution in [2.45, 2.75) is 19.9 Å². The molecular formula is C22H25N3O3. The third-order valence-electron chi connectivity index (χ3n) is 5.49. The first-order valence-electron chi connectivity index (χ1n) is 9.57. The Kier molecular flexibility index (Phi) is 5.05. The molecule has 3 aromatic rings. The van der Waals surface area contributed by atoms with Gasteiger partial charge in [-0.1, -0.05) is 24.3 Å². The lowest BCUT2D eigenvalue weighted by atomic mass is 10.0. The normalized spacial score (nSPS) is 17.2. The summed E-state index contributed by atoms with van der Waals surface area (Å²) in [7, 11) is 3.37. The predicted octanol–water partition coefficient (Wildman–Crippen LogP) is 3.38. The topological polar surface area (TPSA) is 67.6 Å². The van der Waals surface area contributed by atoms with E-state index < -0.39 is 0 Å². The van der Waals surface area contributed by atoms with Gasteiger partial charge in [0.1, 0.15) is 11.5 Å². The molecule has 1 aliphatic heterocycles. The van der Waals surface area contributed by atoms with E-state index in [1.165, 1.54) is 0 Å². The Labute approximate surface area is 164 Å². The lowest BCUT2D eigenvalue weighted by Gasteiger charge is -2.14. The standard InChI is InChI=1S/C22H25N3O3/c1-14-19(13-25-11-10-15(12-25)21(26)23-2)24-22(28-14)18-8-9-20(27-3)17-7-5-4-6-16(17)18/h4-9,15H,10-13H2,1-3H3,(H,23,26). The van der Waals surface area contributed by atoms with Crippen LogP contribution in [0.15, 0.2) is 40.8 Å². The number of hydrogen-bond acceptors (Lipinski definition) is 5. The summed E-state index contributed by atoms with van der Waals surface area (Å²) < 4.78 is 11.5. The van der Waals surface area contributed by atoms with E-state index in [4.69, 9.17) is 14.1 Å². The summed E-state index contributed by atoms with van der Waals surface area (Å²) in [4.78, 5) is 18.9. The molecule has 1 unspecified atom stereocenters. The molecule has 6 heteroatoms. The zero-order chi connectivity index (χ0) is 19.7. The maximum atomic E-state index is 11.9. The van der Waals surface area contributed by atoms with Gasteiger partial charge in [-0.3, -0.25) is 9.69 Å². The molecule has 1 saturated heterocycles. The van der Waals surface area contributed by atoms with Gasteiger partial charge in [0.05, 0.1) is 18.7 Å². The van der Waals surface area contributed by atoms with Gasteiger partial charge < -0.3 is 14.5 Å². The number of methoxy groups -OCH3 is 1. The number of hydrogen-bond donors (Lipinski definition) is 1. The number of aromatic nitrogens is 1. The van der Waals surface area contributed by atoms with E-state index in [1.54, 1.807) is 14.2 Å². The van der Waals surface area contributed by atoms with Gasteiger partial charge in [-0.05, 0) is 37.4 Å². The molecule has 2 heterocycles. The molecule has 1 aromatic heterocycles. The number of benzene rings is 2. The summed E-state index contributed by atoms with van der Waals surface area (Å²) in [5.74, 6) is 2.44. The fourth-order valence-electron chi connectivity index (χ4n) is 3.93. The Morgan fingerprint density at radius 2 is 2.07 bits per heavy atom. The minimum Gasteiger partial charge on any atom is -0.496 e. The van der Waals surface area contributed by atoms with Crippen molar-refractivity contribution in [2.24, 2.45) is 5.92 Å². The third kappa shape index (κ3) is 3.36. The fourth-order valence-corrected chi connectivity index (χ4v) is 3.93. The van der Waals surface area contributed by atoms with Crippen LogP contribution in [0.4, 0.5) is 0 Å². The summed E-state index contributed by atoms with van der Waals surface area (Å²) in [6.45, 7) is 4.29. The number of rotatable bonds is 5. The first-order valence-corrected chi connectivity index (χ1v) is 9.57. The van der Waals surface area contributed by atoms with Crippen molar-refractivity contribution in [3.05, 3.63) is 47.9 Å². The third-order valence-corrected chi connectivity index (χ3v) is 5.49. The molecule has 28 heavy (non-hydrogen) atoms. The van der Waals surface area contributed by atoms with Crippen molar-refractivity contribution in [3.63, 3.8) is 0 Å². The van der Waals surface area contributed by atoms with Crippen molar-refractivity contribution >= 4 is 16.7 Å². The number of fused-ring (bicyclic) bond motifs is 1. The zero-order valence-electron chi connectivity index (χ0n) is 16.5. The van der Waals surface area contributed by atoms with Crippen LogP contribution in [0.2, 0.25) is 0 Å². The quantitative estimate of drug-likeness (QED) is 0.736. The second-order valence-electron chi connectivity index (χ2n) is 7.22. The molecule has 0 spiro atoms. The Morgan fingerprint density at radius 1 is 1.29 bits per heavy atom. The number of aryl methyl sites for hydroxylation is 1. The predicted molar refractivity (Wildman–Crippen MR) is 108 cm³/mol. The van der Waals surface area contributed by atoms with Crippen molar-refractivity contribution in [1.29, 1.82) is 0 Å². The number of nitrogens with one attached hydrogen (secondary N) is 1. The zero-order valence-corrected chi connectivity index (χ0v) is 16.5. The van der Waals surface area contributed by atoms with Gasteiger partial charge in [0.25, 0.3) is 0 Å². The van der Waals surface area contributed by atoms with Gasteiger partial charge >= 0.3 is 0 Å². The molecule has 0 bridgehead atoms. The fraction of sp³-hybridized carbons (Fsp3) is 0.364. The summed E-state index contributed by atoms with van der Waals surface area (Å²) in [6, 6.07) is 12.0. The highest BCUT2D eigenvalue weighted by Crippen LogP contribution is 2.35. The van der Waals surface area contributed by atoms with Crippen LogP contribution < -0.4 is 10.1 Å². The van der Waals surface area contributed by atoms with Crippen LogP contribution in [0.5, 0.6) is 5.75 Å². The highest BCUT2D eigenvalue weighted by atomic mass is 16.5. The molecule has 1 amide bonds. The molecule has 2 aromatic carbocycles. The van der Waals surface area contributed by atoms with Crippen molar-refractivity contribution in [1.82, 2.24) is 15.2 Å². The van der Waals surface area contributed by atoms with Crippen LogP contribution >= 0.6 is 0 Å². The van der Waals surface area contributed by atoms with Crippen molar-refractivity contribution < 1.29 is 13.9 Å². The molecular weight excluding hydrogens is 354 g/mol. The second kappa shape index (κ2) is 7.64. The Bertz CT molecular complexity index is 1010. The Hall–Kier alpha value is -2.86. The summed E-state index contributed by atoms with van der Waals surface area (Å²) in [5.41, 5.74) is 1.88. The van der Waals surface area contributed by atoms with Crippen molar-refractivity contribution in [3.8, 4) is 17.2 Å². The van der Waals surface area contributed by atoms with E-state index in [1.807, 2.05) is 37.3 Å². The Balaban J connectivity index is 1.61. The number of ether oxygens (including phenoxy) is 1. The van der Waals surface area contributed by atoms with Gasteiger partial charge in [0.15, 0.2) is 0 Å². The molecule has 6 nitrogen and oxygen atoms in total. The summed E-state index contributed by atoms with van der Waals surface area (Å²) >= 11 is 0. The SMILES string of the molecule is CNC(=O)C1CCN(Cc2nc(-c3ccc(OC)c4ccccc34)oc2C)C1. The van der Waals surface area contributed by atoms with Gasteiger partial charge in [-0.25, -0.2) is 4.98 Å². The first-order chi connectivity index (χ1) is 13.6. The maximum Gasteiger partial charge on any atom is 0.227 e. The highest BCUT2D eigenvalue weighted by molar-refractivity contribution is 5.98. The van der Waals surface area contributed by atoms with Crippen LogP contribution in [0.25, 0.3) is 22.2 Å². The van der Waals surface area contributed by atoms with E-state index >= 15 is 0 Å². The number of amides is 1. The molecule has 0 saturated carbocycles. The van der Waals surface area contributed by atoms with E-state index in [0.29, 0.717) is 12.4 Å². The monoisotopic (exact) mass is 379 g/mol. The van der Waals surface area contributed by atoms with E-state index in [0.717, 1.165) is 53.0 Å². The minimum absolute atomic E-state index is 0.0576. The maximum absolute atomic E-state index is 11.9. The average molecular weight is 379 g/mol. The van der Waals surface area contributed by atoms with Gasteiger partial charge in [-0.15, -0.1) is 0 Å². The minimum atomic E-state index is 0.0576. The molecule has 4 rings (SSSR count). The van der Waals surface area contributed by atoms with Crippen molar-refractivity contribution in [2.75, 3.05) is 27.2 Å². The highest BCUT2D eigenvalue weighted by Gasteiger charge is 2.28. The lowest BCUT2D eigenvalue weighted by Crippen LogP contribution is -2.30. The Morgan fingerprint density at radius 3 is 2.82 bits per heavy atom. The second-order valence-corrected chi connectivity index (χ2v) is 7.22. The molecule has 1 aliphatic rings. The molecule has 1 fully saturated rings. The largest absolute Gasteiger partial charge is 0.496 e. The van der Waals surface area contributed by atoms with Crippen LogP contribution in [0.3, 0.4) is 0 Å².